The molecule has 1 saturated heterocycles. The number of esters is 1. The van der Waals surface area contributed by atoms with Gasteiger partial charge in [-0.05, 0) is 55.1 Å². The van der Waals surface area contributed by atoms with Gasteiger partial charge in [0.2, 0.25) is 0 Å². The Balaban J connectivity index is 1.20. The van der Waals surface area contributed by atoms with Crippen LogP contribution in [0.15, 0.2) is 54.6 Å². The van der Waals surface area contributed by atoms with Crippen molar-refractivity contribution in [2.45, 2.75) is 31.3 Å². The van der Waals surface area contributed by atoms with Crippen molar-refractivity contribution in [3.63, 3.8) is 0 Å². The van der Waals surface area contributed by atoms with Gasteiger partial charge < -0.3 is 10.1 Å². The Kier molecular flexibility index (Phi) is 5.55. The summed E-state index contributed by atoms with van der Waals surface area (Å²) in [5.74, 6) is 1.16. The van der Waals surface area contributed by atoms with Crippen LogP contribution < -0.4 is 5.32 Å². The minimum atomic E-state index is -0.275. The molecule has 2 aromatic carbocycles. The van der Waals surface area contributed by atoms with Crippen molar-refractivity contribution >= 4 is 5.97 Å². The maximum atomic E-state index is 11.5. The van der Waals surface area contributed by atoms with Gasteiger partial charge in [-0.2, -0.15) is 0 Å². The molecule has 3 atom stereocenters. The number of nitrogens with one attached hydrogen (secondary N) is 1. The lowest BCUT2D eigenvalue weighted by molar-refractivity contribution is 0.0600. The summed E-state index contributed by atoms with van der Waals surface area (Å²) in [5.41, 5.74) is 3.34. The maximum absolute atomic E-state index is 11.5. The fourth-order valence-electron chi connectivity index (χ4n) is 4.15. The molecule has 4 rings (SSSR count). The van der Waals surface area contributed by atoms with E-state index < -0.39 is 0 Å². The smallest absolute Gasteiger partial charge is 0.337 e. The lowest BCUT2D eigenvalue weighted by atomic mass is 10.1. The van der Waals surface area contributed by atoms with Crippen molar-refractivity contribution < 1.29 is 9.53 Å². The van der Waals surface area contributed by atoms with Crippen LogP contribution in [-0.4, -0.2) is 43.7 Å². The summed E-state index contributed by atoms with van der Waals surface area (Å²) in [4.78, 5) is 14.0. The van der Waals surface area contributed by atoms with E-state index in [9.17, 15) is 4.79 Å². The Labute approximate surface area is 161 Å². The average molecular weight is 364 g/mol. The van der Waals surface area contributed by atoms with Crippen LogP contribution in [0.1, 0.15) is 40.2 Å². The van der Waals surface area contributed by atoms with Crippen molar-refractivity contribution in [1.29, 1.82) is 0 Å². The molecule has 2 aliphatic rings. The highest BCUT2D eigenvalue weighted by atomic mass is 16.5. The highest BCUT2D eigenvalue weighted by Gasteiger charge is 2.38. The topological polar surface area (TPSA) is 41.6 Å². The monoisotopic (exact) mass is 364 g/mol. The van der Waals surface area contributed by atoms with Crippen molar-refractivity contribution in [3.8, 4) is 0 Å². The van der Waals surface area contributed by atoms with Crippen LogP contribution in [0.3, 0.4) is 0 Å². The number of rotatable bonds is 7. The van der Waals surface area contributed by atoms with Crippen molar-refractivity contribution in [1.82, 2.24) is 10.2 Å². The van der Waals surface area contributed by atoms with Crippen LogP contribution in [-0.2, 0) is 11.3 Å². The van der Waals surface area contributed by atoms with E-state index in [0.717, 1.165) is 32.1 Å². The molecular weight excluding hydrogens is 336 g/mol. The third-order valence-electron chi connectivity index (χ3n) is 5.84. The standard InChI is InChI=1S/C23H28N2O2/c1-27-23(26)20-9-7-17(8-10-20)15-25-12-11-18(16-25)14-24-22-13-21(22)19-5-3-2-4-6-19/h2-10,18,21-22,24H,11-16H2,1H3/t18-,21?,22-/m1/s1. The fraction of sp³-hybridized carbons (Fsp3) is 0.435. The quantitative estimate of drug-likeness (QED) is 0.764. The average Bonchev–Trinajstić information content (AvgIpc) is 3.37. The Bertz CT molecular complexity index is 760. The first-order valence-electron chi connectivity index (χ1n) is 9.91. The molecule has 1 aliphatic carbocycles. The molecular formula is C23H28N2O2. The number of nitrogens with zero attached hydrogens (tertiary/aromatic N) is 1. The Hall–Kier alpha value is -2.17. The molecule has 0 aromatic heterocycles. The Morgan fingerprint density at radius 3 is 2.67 bits per heavy atom. The van der Waals surface area contributed by atoms with E-state index in [-0.39, 0.29) is 5.97 Å². The number of hydrogen-bond acceptors (Lipinski definition) is 4. The minimum absolute atomic E-state index is 0.275. The van der Waals surface area contributed by atoms with Crippen LogP contribution >= 0.6 is 0 Å². The van der Waals surface area contributed by atoms with E-state index in [4.69, 9.17) is 4.74 Å². The molecule has 0 amide bonds. The van der Waals surface area contributed by atoms with Gasteiger partial charge in [0.05, 0.1) is 12.7 Å². The fourth-order valence-corrected chi connectivity index (χ4v) is 4.15. The molecule has 1 saturated carbocycles. The molecule has 1 aliphatic heterocycles. The first-order chi connectivity index (χ1) is 13.2. The molecule has 2 aromatic rings. The molecule has 1 unspecified atom stereocenters. The number of hydrogen-bond donors (Lipinski definition) is 1. The molecule has 1 N–H and O–H groups in total. The van der Waals surface area contributed by atoms with Crippen LogP contribution in [0.4, 0.5) is 0 Å². The lowest BCUT2D eigenvalue weighted by Crippen LogP contribution is -2.28. The molecule has 142 valence electrons. The first kappa shape index (κ1) is 18.2. The highest BCUT2D eigenvalue weighted by molar-refractivity contribution is 5.89. The molecule has 0 spiro atoms. The number of likely N-dealkylation sites (tertiary alicyclic amines) is 1. The zero-order valence-corrected chi connectivity index (χ0v) is 15.9. The summed E-state index contributed by atoms with van der Waals surface area (Å²) >= 11 is 0. The summed E-state index contributed by atoms with van der Waals surface area (Å²) < 4.78 is 4.75. The van der Waals surface area contributed by atoms with Crippen molar-refractivity contribution in [3.05, 3.63) is 71.3 Å². The largest absolute Gasteiger partial charge is 0.465 e. The van der Waals surface area contributed by atoms with Gasteiger partial charge in [0, 0.05) is 25.0 Å². The van der Waals surface area contributed by atoms with Gasteiger partial charge in [0.25, 0.3) is 0 Å². The van der Waals surface area contributed by atoms with E-state index in [1.165, 1.54) is 31.1 Å². The number of methoxy groups -OCH3 is 1. The van der Waals surface area contributed by atoms with Gasteiger partial charge in [-0.1, -0.05) is 42.5 Å². The normalized spacial score (nSPS) is 24.7. The second-order valence-electron chi connectivity index (χ2n) is 7.85. The van der Waals surface area contributed by atoms with Crippen molar-refractivity contribution in [2.24, 2.45) is 5.92 Å². The number of ether oxygens (including phenoxy) is 1. The van der Waals surface area contributed by atoms with E-state index in [2.05, 4.69) is 40.5 Å². The van der Waals surface area contributed by atoms with Gasteiger partial charge >= 0.3 is 5.97 Å². The summed E-state index contributed by atoms with van der Waals surface area (Å²) in [6.07, 6.45) is 2.53. The lowest BCUT2D eigenvalue weighted by Gasteiger charge is -2.16. The van der Waals surface area contributed by atoms with Gasteiger partial charge in [-0.3, -0.25) is 4.90 Å². The van der Waals surface area contributed by atoms with Crippen molar-refractivity contribution in [2.75, 3.05) is 26.7 Å². The van der Waals surface area contributed by atoms with E-state index in [1.54, 1.807) is 0 Å². The zero-order chi connectivity index (χ0) is 18.6. The zero-order valence-electron chi connectivity index (χ0n) is 15.9. The minimum Gasteiger partial charge on any atom is -0.465 e. The third-order valence-corrected chi connectivity index (χ3v) is 5.84. The summed E-state index contributed by atoms with van der Waals surface area (Å²) in [7, 11) is 1.42. The first-order valence-corrected chi connectivity index (χ1v) is 9.91. The third kappa shape index (κ3) is 4.57. The molecule has 2 fully saturated rings. The summed E-state index contributed by atoms with van der Waals surface area (Å²) in [6, 6.07) is 19.3. The molecule has 4 heteroatoms. The molecule has 27 heavy (non-hydrogen) atoms. The van der Waals surface area contributed by atoms with E-state index in [0.29, 0.717) is 17.5 Å². The highest BCUT2D eigenvalue weighted by Crippen LogP contribution is 2.40. The van der Waals surface area contributed by atoms with Gasteiger partial charge in [0.1, 0.15) is 0 Å². The van der Waals surface area contributed by atoms with E-state index >= 15 is 0 Å². The predicted octanol–water partition coefficient (Wildman–Crippen LogP) is 3.44. The van der Waals surface area contributed by atoms with Crippen LogP contribution in [0.25, 0.3) is 0 Å². The van der Waals surface area contributed by atoms with Gasteiger partial charge in [-0.15, -0.1) is 0 Å². The van der Waals surface area contributed by atoms with E-state index in [1.807, 2.05) is 24.3 Å². The van der Waals surface area contributed by atoms with Crippen LogP contribution in [0, 0.1) is 5.92 Å². The Morgan fingerprint density at radius 1 is 1.15 bits per heavy atom. The number of carbonyl (C=O) groups is 1. The molecule has 0 radical (unpaired) electrons. The molecule has 4 nitrogen and oxygen atoms in total. The van der Waals surface area contributed by atoms with Crippen LogP contribution in [0.2, 0.25) is 0 Å². The van der Waals surface area contributed by atoms with Gasteiger partial charge in [-0.25, -0.2) is 4.79 Å². The maximum Gasteiger partial charge on any atom is 0.337 e. The van der Waals surface area contributed by atoms with Gasteiger partial charge in [0.15, 0.2) is 0 Å². The number of carbonyl (C=O) groups excluding carboxylic acids is 1. The predicted molar refractivity (Wildman–Crippen MR) is 107 cm³/mol. The summed E-state index contributed by atoms with van der Waals surface area (Å²) in [5, 5.41) is 3.78. The second kappa shape index (κ2) is 8.24. The SMILES string of the molecule is COC(=O)c1ccc(CN2CC[C@H](CN[C@@H]3CC3c3ccccc3)C2)cc1. The molecule has 0 bridgehead atoms. The Morgan fingerprint density at radius 2 is 1.93 bits per heavy atom. The number of benzene rings is 2. The second-order valence-corrected chi connectivity index (χ2v) is 7.85. The molecule has 1 heterocycles. The van der Waals surface area contributed by atoms with Crippen LogP contribution in [0.5, 0.6) is 0 Å². The summed E-state index contributed by atoms with van der Waals surface area (Å²) in [6.45, 7) is 4.37.